The molecule has 1 aromatic heterocycles. The van der Waals surface area contributed by atoms with Crippen LogP contribution in [0.1, 0.15) is 26.1 Å². The van der Waals surface area contributed by atoms with Gasteiger partial charge in [-0.1, -0.05) is 6.92 Å². The molecule has 1 heterocycles. The van der Waals surface area contributed by atoms with Gasteiger partial charge in [-0.15, -0.1) is 0 Å². The molecule has 0 aliphatic carbocycles. The van der Waals surface area contributed by atoms with Crippen molar-refractivity contribution in [3.63, 3.8) is 0 Å². The summed E-state index contributed by atoms with van der Waals surface area (Å²) in [5.41, 5.74) is 0. The van der Waals surface area contributed by atoms with Crippen molar-refractivity contribution in [2.75, 3.05) is 6.54 Å². The number of nitrogens with two attached hydrogens (primary N) is 1. The van der Waals surface area contributed by atoms with E-state index in [9.17, 15) is 0 Å². The van der Waals surface area contributed by atoms with Crippen LogP contribution in [0.4, 0.5) is 0 Å². The van der Waals surface area contributed by atoms with Crippen LogP contribution >= 0.6 is 0 Å². The second kappa shape index (κ2) is 4.93. The monoisotopic (exact) mass is 168 g/mol. The first-order chi connectivity index (χ1) is 5.88. The first-order valence-electron chi connectivity index (χ1n) is 4.70. The number of imidazole rings is 1. The molecule has 0 spiro atoms. The molecule has 0 atom stereocenters. The van der Waals surface area contributed by atoms with Crippen molar-refractivity contribution in [3.8, 4) is 0 Å². The number of nitrogens with zero attached hydrogens (tertiary/aromatic N) is 2. The van der Waals surface area contributed by atoms with Gasteiger partial charge < -0.3 is 9.88 Å². The molecule has 3 nitrogen and oxygen atoms in total. The molecule has 68 valence electrons. The van der Waals surface area contributed by atoms with Gasteiger partial charge in [-0.3, -0.25) is 0 Å². The Morgan fingerprint density at radius 1 is 1.50 bits per heavy atom. The highest BCUT2D eigenvalue weighted by Crippen LogP contribution is 1.96. The Bertz CT molecular complexity index is 217. The first kappa shape index (κ1) is 9.26. The molecule has 0 aliphatic rings. The third kappa shape index (κ3) is 2.34. The van der Waals surface area contributed by atoms with Gasteiger partial charge in [-0.2, -0.15) is 0 Å². The lowest BCUT2D eigenvalue weighted by Crippen LogP contribution is -2.82. The molecular weight excluding hydrogens is 150 g/mol. The average molecular weight is 168 g/mol. The molecule has 1 aromatic rings. The summed E-state index contributed by atoms with van der Waals surface area (Å²) in [6.45, 7) is 7.57. The summed E-state index contributed by atoms with van der Waals surface area (Å²) in [6.07, 6.45) is 5.12. The van der Waals surface area contributed by atoms with Crippen LogP contribution in [0.3, 0.4) is 0 Å². The minimum absolute atomic E-state index is 1.00. The number of hydrogen-bond donors (Lipinski definition) is 1. The molecule has 0 saturated heterocycles. The molecule has 0 fully saturated rings. The SMILES string of the molecule is CCCn1ccnc1C[NH2+]CC. The normalized spacial score (nSPS) is 10.5. The smallest absolute Gasteiger partial charge is 0.164 e. The maximum absolute atomic E-state index is 4.30. The van der Waals surface area contributed by atoms with E-state index in [1.807, 2.05) is 6.20 Å². The lowest BCUT2D eigenvalue weighted by atomic mass is 10.4. The van der Waals surface area contributed by atoms with Crippen molar-refractivity contribution in [1.29, 1.82) is 0 Å². The van der Waals surface area contributed by atoms with E-state index < -0.39 is 0 Å². The highest BCUT2D eigenvalue weighted by Gasteiger charge is 2.01. The third-order valence-corrected chi connectivity index (χ3v) is 1.88. The Kier molecular flexibility index (Phi) is 3.80. The van der Waals surface area contributed by atoms with E-state index in [2.05, 4.69) is 34.9 Å². The summed E-state index contributed by atoms with van der Waals surface area (Å²) in [6, 6.07) is 0. The molecular formula is C9H18N3+. The zero-order valence-corrected chi connectivity index (χ0v) is 7.95. The maximum atomic E-state index is 4.30. The Labute approximate surface area is 73.8 Å². The van der Waals surface area contributed by atoms with Crippen molar-refractivity contribution in [3.05, 3.63) is 18.2 Å². The lowest BCUT2D eigenvalue weighted by molar-refractivity contribution is -0.668. The number of quaternary nitrogens is 1. The summed E-state index contributed by atoms with van der Waals surface area (Å²) in [5, 5.41) is 2.26. The minimum atomic E-state index is 1.00. The van der Waals surface area contributed by atoms with Crippen LogP contribution in [0.2, 0.25) is 0 Å². The van der Waals surface area contributed by atoms with Gasteiger partial charge in [0.2, 0.25) is 0 Å². The van der Waals surface area contributed by atoms with E-state index in [-0.39, 0.29) is 0 Å². The summed E-state index contributed by atoms with van der Waals surface area (Å²) in [4.78, 5) is 4.30. The second-order valence-corrected chi connectivity index (χ2v) is 2.94. The number of aryl methyl sites for hydroxylation is 1. The highest BCUT2D eigenvalue weighted by molar-refractivity contribution is 4.89. The Morgan fingerprint density at radius 3 is 3.00 bits per heavy atom. The van der Waals surface area contributed by atoms with E-state index in [1.165, 1.54) is 12.2 Å². The van der Waals surface area contributed by atoms with Gasteiger partial charge in [-0.05, 0) is 13.3 Å². The first-order valence-corrected chi connectivity index (χ1v) is 4.70. The maximum Gasteiger partial charge on any atom is 0.164 e. The van der Waals surface area contributed by atoms with Crippen LogP contribution in [0, 0.1) is 0 Å². The van der Waals surface area contributed by atoms with Crippen LogP contribution in [-0.2, 0) is 13.1 Å². The van der Waals surface area contributed by atoms with Gasteiger partial charge >= 0.3 is 0 Å². The van der Waals surface area contributed by atoms with Gasteiger partial charge in [0, 0.05) is 18.9 Å². The largest absolute Gasteiger partial charge is 0.340 e. The van der Waals surface area contributed by atoms with Crippen LogP contribution in [0.5, 0.6) is 0 Å². The summed E-state index contributed by atoms with van der Waals surface area (Å²) < 4.78 is 2.23. The molecule has 1 rings (SSSR count). The lowest BCUT2D eigenvalue weighted by Gasteiger charge is -2.03. The molecule has 0 unspecified atom stereocenters. The number of rotatable bonds is 5. The molecule has 0 aliphatic heterocycles. The van der Waals surface area contributed by atoms with Crippen molar-refractivity contribution in [2.45, 2.75) is 33.4 Å². The van der Waals surface area contributed by atoms with E-state index >= 15 is 0 Å². The molecule has 0 bridgehead atoms. The van der Waals surface area contributed by atoms with Gasteiger partial charge in [0.1, 0.15) is 6.54 Å². The Morgan fingerprint density at radius 2 is 2.33 bits per heavy atom. The van der Waals surface area contributed by atoms with E-state index in [0.29, 0.717) is 0 Å². The van der Waals surface area contributed by atoms with Crippen LogP contribution in [0.15, 0.2) is 12.4 Å². The van der Waals surface area contributed by atoms with Gasteiger partial charge in [-0.25, -0.2) is 4.98 Å². The summed E-state index contributed by atoms with van der Waals surface area (Å²) >= 11 is 0. The summed E-state index contributed by atoms with van der Waals surface area (Å²) in [7, 11) is 0. The van der Waals surface area contributed by atoms with Crippen molar-refractivity contribution < 1.29 is 5.32 Å². The van der Waals surface area contributed by atoms with Crippen molar-refractivity contribution in [2.24, 2.45) is 0 Å². The summed E-state index contributed by atoms with van der Waals surface area (Å²) in [5.74, 6) is 1.19. The predicted molar refractivity (Wildman–Crippen MR) is 48.7 cm³/mol. The fraction of sp³-hybridized carbons (Fsp3) is 0.667. The number of hydrogen-bond acceptors (Lipinski definition) is 1. The van der Waals surface area contributed by atoms with Crippen molar-refractivity contribution >= 4 is 0 Å². The molecule has 0 saturated carbocycles. The fourth-order valence-corrected chi connectivity index (χ4v) is 1.25. The topological polar surface area (TPSA) is 34.4 Å². The molecule has 12 heavy (non-hydrogen) atoms. The molecule has 0 amide bonds. The zero-order valence-electron chi connectivity index (χ0n) is 7.95. The standard InChI is InChI=1S/C9H17N3/c1-3-6-12-7-5-11-9(12)8-10-4-2/h5,7,10H,3-4,6,8H2,1-2H3/p+1. The molecule has 3 heteroatoms. The van der Waals surface area contributed by atoms with E-state index in [1.54, 1.807) is 0 Å². The fourth-order valence-electron chi connectivity index (χ4n) is 1.25. The van der Waals surface area contributed by atoms with E-state index in [0.717, 1.165) is 19.6 Å². The van der Waals surface area contributed by atoms with Crippen LogP contribution in [0.25, 0.3) is 0 Å². The Balaban J connectivity index is 2.51. The highest BCUT2D eigenvalue weighted by atomic mass is 15.1. The second-order valence-electron chi connectivity index (χ2n) is 2.94. The molecule has 2 N–H and O–H groups in total. The third-order valence-electron chi connectivity index (χ3n) is 1.88. The van der Waals surface area contributed by atoms with Gasteiger partial charge in [0.05, 0.1) is 6.54 Å². The van der Waals surface area contributed by atoms with Gasteiger partial charge in [0.15, 0.2) is 5.82 Å². The molecule has 0 radical (unpaired) electrons. The van der Waals surface area contributed by atoms with E-state index in [4.69, 9.17) is 0 Å². The predicted octanol–water partition coefficient (Wildman–Crippen LogP) is 0.376. The van der Waals surface area contributed by atoms with Crippen LogP contribution in [-0.4, -0.2) is 16.1 Å². The van der Waals surface area contributed by atoms with Crippen molar-refractivity contribution in [1.82, 2.24) is 9.55 Å². The average Bonchev–Trinajstić information content (AvgIpc) is 2.50. The Hall–Kier alpha value is -0.830. The van der Waals surface area contributed by atoms with Gasteiger partial charge in [0.25, 0.3) is 0 Å². The zero-order chi connectivity index (χ0) is 8.81. The molecule has 0 aromatic carbocycles. The quantitative estimate of drug-likeness (QED) is 0.677. The van der Waals surface area contributed by atoms with Crippen LogP contribution < -0.4 is 5.32 Å². The number of aromatic nitrogens is 2. The minimum Gasteiger partial charge on any atom is -0.340 e.